The molecule has 0 saturated carbocycles. The summed E-state index contributed by atoms with van der Waals surface area (Å²) in [5.74, 6) is -0.656. The largest absolute Gasteiger partial charge is 0.465 e. The highest BCUT2D eigenvalue weighted by Crippen LogP contribution is 2.19. The molecule has 1 atom stereocenters. The van der Waals surface area contributed by atoms with Crippen molar-refractivity contribution in [1.29, 1.82) is 0 Å². The van der Waals surface area contributed by atoms with Crippen molar-refractivity contribution in [3.63, 3.8) is 0 Å². The molecule has 5 nitrogen and oxygen atoms in total. The minimum absolute atomic E-state index is 0.237. The third kappa shape index (κ3) is 6.40. The Hall–Kier alpha value is -1.10. The Labute approximate surface area is 96.0 Å². The lowest BCUT2D eigenvalue weighted by Gasteiger charge is -2.25. The Morgan fingerprint density at radius 1 is 1.31 bits per heavy atom. The van der Waals surface area contributed by atoms with Gasteiger partial charge in [0.05, 0.1) is 5.92 Å². The van der Waals surface area contributed by atoms with Gasteiger partial charge in [0.1, 0.15) is 11.7 Å². The molecule has 0 aliphatic heterocycles. The number of ether oxygens (including phenoxy) is 1. The molecular weight excluding hydrogens is 212 g/mol. The molecule has 0 heterocycles. The van der Waals surface area contributed by atoms with E-state index in [2.05, 4.69) is 4.89 Å². The van der Waals surface area contributed by atoms with Crippen molar-refractivity contribution in [2.45, 2.75) is 52.7 Å². The van der Waals surface area contributed by atoms with E-state index in [0.717, 1.165) is 0 Å². The first-order valence-corrected chi connectivity index (χ1v) is 5.27. The molecule has 1 unspecified atom stereocenters. The van der Waals surface area contributed by atoms with Crippen LogP contribution in [0.15, 0.2) is 0 Å². The highest BCUT2D eigenvalue weighted by atomic mass is 17.2. The maximum atomic E-state index is 11.2. The first kappa shape index (κ1) is 14.9. The quantitative estimate of drug-likeness (QED) is 0.381. The lowest BCUT2D eigenvalue weighted by atomic mass is 10.0. The fraction of sp³-hybridized carbons (Fsp3) is 0.818. The summed E-state index contributed by atoms with van der Waals surface area (Å²) in [5.41, 5.74) is -0.688. The number of hydrogen-bond acceptors (Lipinski definition) is 5. The minimum atomic E-state index is -0.688. The summed E-state index contributed by atoms with van der Waals surface area (Å²) in [6, 6.07) is 0. The molecule has 0 fully saturated rings. The van der Waals surface area contributed by atoms with Gasteiger partial charge >= 0.3 is 5.97 Å². The smallest absolute Gasteiger partial charge is 0.344 e. The van der Waals surface area contributed by atoms with Crippen LogP contribution in [0.25, 0.3) is 0 Å². The third-order valence-electron chi connectivity index (χ3n) is 1.89. The molecule has 0 aromatic rings. The fourth-order valence-corrected chi connectivity index (χ4v) is 1.12. The maximum Gasteiger partial charge on any atom is 0.344 e. The van der Waals surface area contributed by atoms with Crippen LogP contribution in [0.3, 0.4) is 0 Å². The lowest BCUT2D eigenvalue weighted by Crippen LogP contribution is -2.31. The topological polar surface area (TPSA) is 61.8 Å². The summed E-state index contributed by atoms with van der Waals surface area (Å²) in [4.78, 5) is 31.0. The van der Waals surface area contributed by atoms with Gasteiger partial charge in [0, 0.05) is 6.42 Å². The normalized spacial score (nSPS) is 13.4. The Kier molecular flexibility index (Phi) is 6.03. The van der Waals surface area contributed by atoms with Crippen molar-refractivity contribution in [1.82, 2.24) is 0 Å². The van der Waals surface area contributed by atoms with Crippen LogP contribution in [0.4, 0.5) is 0 Å². The maximum absolute atomic E-state index is 11.2. The van der Waals surface area contributed by atoms with Crippen LogP contribution in [-0.2, 0) is 24.1 Å². The third-order valence-corrected chi connectivity index (χ3v) is 1.89. The number of carbonyl (C=O) groups excluding carboxylic acids is 2. The summed E-state index contributed by atoms with van der Waals surface area (Å²) in [5, 5.41) is 0. The average Bonchev–Trinajstić information content (AvgIpc) is 2.13. The summed E-state index contributed by atoms with van der Waals surface area (Å²) < 4.78 is 4.73. The van der Waals surface area contributed by atoms with Gasteiger partial charge in [-0.25, -0.2) is 4.79 Å². The van der Waals surface area contributed by atoms with Gasteiger partial charge in [0.25, 0.3) is 6.47 Å². The van der Waals surface area contributed by atoms with Gasteiger partial charge in [-0.2, -0.15) is 4.89 Å². The molecule has 94 valence electrons. The van der Waals surface area contributed by atoms with E-state index < -0.39 is 11.6 Å². The number of hydrogen-bond donors (Lipinski definition) is 0. The number of rotatable bonds is 7. The van der Waals surface area contributed by atoms with Crippen LogP contribution in [0.5, 0.6) is 0 Å². The van der Waals surface area contributed by atoms with Crippen molar-refractivity contribution >= 4 is 12.4 Å². The molecule has 0 aromatic carbocycles. The average molecular weight is 232 g/mol. The van der Waals surface area contributed by atoms with E-state index in [4.69, 9.17) is 9.62 Å². The molecule has 0 bridgehead atoms. The van der Waals surface area contributed by atoms with Crippen molar-refractivity contribution in [3.8, 4) is 0 Å². The van der Waals surface area contributed by atoms with E-state index in [1.165, 1.54) is 0 Å². The molecule has 0 rings (SSSR count). The lowest BCUT2D eigenvalue weighted by molar-refractivity contribution is -0.330. The molecule has 16 heavy (non-hydrogen) atoms. The standard InChI is InChI=1S/C11H20O5/c1-8(2)10(13)15-16-11(4,5)6-9(3)14-7-12/h7-9H,6H2,1-5H3. The van der Waals surface area contributed by atoms with Crippen molar-refractivity contribution in [3.05, 3.63) is 0 Å². The number of carbonyl (C=O) groups is 2. The van der Waals surface area contributed by atoms with Crippen LogP contribution < -0.4 is 0 Å². The SMILES string of the molecule is CC(CC(C)(C)OOC(=O)C(C)C)OC=O. The predicted octanol–water partition coefficient (Wildman–Crippen LogP) is 1.85. The predicted molar refractivity (Wildman–Crippen MR) is 57.3 cm³/mol. The van der Waals surface area contributed by atoms with Crippen molar-refractivity contribution < 1.29 is 24.1 Å². The molecular formula is C11H20O5. The molecule has 0 aliphatic carbocycles. The van der Waals surface area contributed by atoms with E-state index in [0.29, 0.717) is 12.9 Å². The van der Waals surface area contributed by atoms with Crippen molar-refractivity contribution in [2.75, 3.05) is 0 Å². The van der Waals surface area contributed by atoms with Gasteiger partial charge in [0.2, 0.25) is 0 Å². The summed E-state index contributed by atoms with van der Waals surface area (Å²) in [6.07, 6.45) is 0.155. The second kappa shape index (κ2) is 6.48. The molecule has 0 spiro atoms. The van der Waals surface area contributed by atoms with Crippen LogP contribution in [0.2, 0.25) is 0 Å². The molecule has 0 amide bonds. The van der Waals surface area contributed by atoms with Gasteiger partial charge in [0.15, 0.2) is 0 Å². The second-order valence-corrected chi connectivity index (χ2v) is 4.65. The fourth-order valence-electron chi connectivity index (χ4n) is 1.12. The zero-order valence-corrected chi connectivity index (χ0v) is 10.5. The molecule has 0 saturated heterocycles. The van der Waals surface area contributed by atoms with E-state index >= 15 is 0 Å². The monoisotopic (exact) mass is 232 g/mol. The Morgan fingerprint density at radius 2 is 1.88 bits per heavy atom. The van der Waals surface area contributed by atoms with E-state index in [9.17, 15) is 9.59 Å². The zero-order chi connectivity index (χ0) is 12.8. The zero-order valence-electron chi connectivity index (χ0n) is 10.5. The first-order valence-electron chi connectivity index (χ1n) is 5.27. The van der Waals surface area contributed by atoms with Crippen LogP contribution in [0.1, 0.15) is 41.0 Å². The van der Waals surface area contributed by atoms with Crippen molar-refractivity contribution in [2.24, 2.45) is 5.92 Å². The van der Waals surface area contributed by atoms with Gasteiger partial charge in [-0.05, 0) is 20.8 Å². The molecule has 0 radical (unpaired) electrons. The van der Waals surface area contributed by atoms with E-state index in [-0.39, 0.29) is 12.0 Å². The summed E-state index contributed by atoms with van der Waals surface area (Å²) in [7, 11) is 0. The van der Waals surface area contributed by atoms with Gasteiger partial charge in [-0.15, -0.1) is 0 Å². The molecule has 5 heteroatoms. The molecule has 0 N–H and O–H groups in total. The highest BCUT2D eigenvalue weighted by molar-refractivity contribution is 5.70. The van der Waals surface area contributed by atoms with Crippen LogP contribution >= 0.6 is 0 Å². The Balaban J connectivity index is 4.04. The van der Waals surface area contributed by atoms with E-state index in [1.54, 1.807) is 34.6 Å². The first-order chi connectivity index (χ1) is 7.28. The van der Waals surface area contributed by atoms with E-state index in [1.807, 2.05) is 0 Å². The second-order valence-electron chi connectivity index (χ2n) is 4.65. The van der Waals surface area contributed by atoms with Gasteiger partial charge in [-0.1, -0.05) is 13.8 Å². The van der Waals surface area contributed by atoms with Crippen LogP contribution in [0, 0.1) is 5.92 Å². The molecule has 0 aliphatic rings. The van der Waals surface area contributed by atoms with Gasteiger partial charge in [-0.3, -0.25) is 9.68 Å². The summed E-state index contributed by atoms with van der Waals surface area (Å²) in [6.45, 7) is 9.08. The van der Waals surface area contributed by atoms with Gasteiger partial charge < -0.3 is 4.74 Å². The Morgan fingerprint density at radius 3 is 2.31 bits per heavy atom. The highest BCUT2D eigenvalue weighted by Gasteiger charge is 2.26. The Bertz CT molecular complexity index is 235. The summed E-state index contributed by atoms with van der Waals surface area (Å²) >= 11 is 0. The van der Waals surface area contributed by atoms with Crippen LogP contribution in [-0.4, -0.2) is 24.1 Å². The molecule has 0 aromatic heterocycles. The minimum Gasteiger partial charge on any atom is -0.465 e.